The zero-order chi connectivity index (χ0) is 12.1. The fourth-order valence-corrected chi connectivity index (χ4v) is 1.14. The highest BCUT2D eigenvalue weighted by molar-refractivity contribution is 7.80. The molecule has 0 unspecified atom stereocenters. The van der Waals surface area contributed by atoms with E-state index < -0.39 is 0 Å². The van der Waals surface area contributed by atoms with Crippen LogP contribution in [0.15, 0.2) is 11.3 Å². The first-order valence-electron chi connectivity index (χ1n) is 4.43. The summed E-state index contributed by atoms with van der Waals surface area (Å²) in [4.78, 5) is 3.91. The molecule has 0 atom stereocenters. The van der Waals surface area contributed by atoms with Crippen molar-refractivity contribution in [1.29, 1.82) is 0 Å². The van der Waals surface area contributed by atoms with E-state index in [9.17, 15) is 5.11 Å². The third kappa shape index (κ3) is 4.14. The number of hydrogen-bond donors (Lipinski definition) is 4. The minimum atomic E-state index is -0.241. The van der Waals surface area contributed by atoms with Gasteiger partial charge in [0.25, 0.3) is 0 Å². The first-order valence-corrected chi connectivity index (χ1v) is 4.84. The van der Waals surface area contributed by atoms with Crippen molar-refractivity contribution in [2.75, 3.05) is 0 Å². The van der Waals surface area contributed by atoms with Crippen LogP contribution in [-0.4, -0.2) is 26.5 Å². The average Bonchev–Trinajstić information content (AvgIpc) is 2.24. The number of rotatable bonds is 3. The number of aliphatic hydroxyl groups is 1. The summed E-state index contributed by atoms with van der Waals surface area (Å²) in [7, 11) is 0. The van der Waals surface area contributed by atoms with Crippen LogP contribution in [0.4, 0.5) is 0 Å². The smallest absolute Gasteiger partial charge is 0.184 e. The summed E-state index contributed by atoms with van der Waals surface area (Å²) in [6, 6.07) is 0. The number of nitrogens with two attached hydrogens (primary N) is 1. The number of nitrogens with one attached hydrogen (secondary N) is 1. The maximum Gasteiger partial charge on any atom is 0.184 e. The van der Waals surface area contributed by atoms with Crippen molar-refractivity contribution in [2.24, 2.45) is 10.8 Å². The fraction of sp³-hybridized carbons (Fsp3) is 0.222. The number of pyridine rings is 1. The van der Waals surface area contributed by atoms with Crippen molar-refractivity contribution in [3.05, 3.63) is 23.0 Å². The van der Waals surface area contributed by atoms with Gasteiger partial charge in [-0.3, -0.25) is 10.4 Å². The van der Waals surface area contributed by atoms with Gasteiger partial charge in [0, 0.05) is 17.3 Å². The zero-order valence-electron chi connectivity index (χ0n) is 9.04. The van der Waals surface area contributed by atoms with E-state index in [1.54, 1.807) is 6.92 Å². The third-order valence-corrected chi connectivity index (χ3v) is 1.99. The maximum atomic E-state index is 9.72. The number of aliphatic hydroxyl groups excluding tert-OH is 1. The minimum absolute atomic E-state index is 0. The Morgan fingerprint density at radius 3 is 2.88 bits per heavy atom. The van der Waals surface area contributed by atoms with Gasteiger partial charge in [-0.05, 0) is 19.1 Å². The van der Waals surface area contributed by atoms with Crippen molar-refractivity contribution in [1.82, 2.24) is 10.4 Å². The maximum absolute atomic E-state index is 9.72. The van der Waals surface area contributed by atoms with Crippen LogP contribution in [0.2, 0.25) is 0 Å². The molecule has 0 spiro atoms. The number of halogens is 1. The molecule has 94 valence electrons. The number of nitrogens with zero attached hydrogens (tertiary/aromatic N) is 2. The first kappa shape index (κ1) is 15.6. The quantitative estimate of drug-likeness (QED) is 0.357. The molecule has 0 amide bonds. The molecule has 0 aliphatic heterocycles. The second-order valence-electron chi connectivity index (χ2n) is 3.02. The van der Waals surface area contributed by atoms with Crippen LogP contribution in [0, 0.1) is 6.92 Å². The molecule has 0 aliphatic rings. The van der Waals surface area contributed by atoms with Gasteiger partial charge >= 0.3 is 0 Å². The Morgan fingerprint density at radius 2 is 2.35 bits per heavy atom. The van der Waals surface area contributed by atoms with Crippen molar-refractivity contribution < 1.29 is 10.2 Å². The Labute approximate surface area is 110 Å². The lowest BCUT2D eigenvalue weighted by Gasteiger charge is -2.06. The Hall–Kier alpha value is -1.44. The van der Waals surface area contributed by atoms with E-state index >= 15 is 0 Å². The summed E-state index contributed by atoms with van der Waals surface area (Å²) >= 11 is 4.56. The van der Waals surface area contributed by atoms with Gasteiger partial charge in [0.2, 0.25) is 0 Å². The lowest BCUT2D eigenvalue weighted by atomic mass is 10.1. The topological polar surface area (TPSA) is 104 Å². The summed E-state index contributed by atoms with van der Waals surface area (Å²) < 4.78 is 0. The second kappa shape index (κ2) is 7.00. The number of aromatic nitrogens is 1. The number of hydrogen-bond acceptors (Lipinski definition) is 5. The average molecular weight is 277 g/mol. The molecular weight excluding hydrogens is 264 g/mol. The van der Waals surface area contributed by atoms with Crippen LogP contribution in [0.25, 0.3) is 0 Å². The molecule has 1 aromatic rings. The van der Waals surface area contributed by atoms with Gasteiger partial charge in [-0.25, -0.2) is 0 Å². The molecule has 1 aromatic heterocycles. The van der Waals surface area contributed by atoms with Crippen molar-refractivity contribution >= 4 is 36.0 Å². The molecule has 0 saturated carbocycles. The molecule has 0 aromatic carbocycles. The summed E-state index contributed by atoms with van der Waals surface area (Å²) in [6.07, 6.45) is 2.80. The Balaban J connectivity index is 0.00000256. The minimum Gasteiger partial charge on any atom is -0.505 e. The number of aromatic hydroxyl groups is 1. The summed E-state index contributed by atoms with van der Waals surface area (Å²) in [5.41, 5.74) is 8.84. The number of hydrazone groups is 1. The van der Waals surface area contributed by atoms with Crippen LogP contribution in [-0.2, 0) is 6.61 Å². The van der Waals surface area contributed by atoms with Gasteiger partial charge in [-0.1, -0.05) is 0 Å². The highest BCUT2D eigenvalue weighted by Gasteiger charge is 2.08. The van der Waals surface area contributed by atoms with Crippen molar-refractivity contribution in [2.45, 2.75) is 13.5 Å². The zero-order valence-corrected chi connectivity index (χ0v) is 10.7. The van der Waals surface area contributed by atoms with Crippen LogP contribution in [0.5, 0.6) is 5.75 Å². The van der Waals surface area contributed by atoms with E-state index in [0.29, 0.717) is 16.8 Å². The van der Waals surface area contributed by atoms with Gasteiger partial charge in [0.1, 0.15) is 5.75 Å². The molecule has 0 bridgehead atoms. The molecule has 0 radical (unpaired) electrons. The van der Waals surface area contributed by atoms with Gasteiger partial charge < -0.3 is 15.9 Å². The first-order chi connectivity index (χ1) is 7.56. The molecule has 0 saturated heterocycles. The van der Waals surface area contributed by atoms with E-state index in [1.165, 1.54) is 12.4 Å². The molecule has 1 rings (SSSR count). The Morgan fingerprint density at radius 1 is 1.71 bits per heavy atom. The molecular formula is C9H13ClN4O2S. The van der Waals surface area contributed by atoms with Crippen molar-refractivity contribution in [3.63, 3.8) is 0 Å². The summed E-state index contributed by atoms with van der Waals surface area (Å²) in [5, 5.41) is 22.5. The van der Waals surface area contributed by atoms with E-state index in [1.807, 2.05) is 0 Å². The van der Waals surface area contributed by atoms with Gasteiger partial charge in [0.05, 0.1) is 18.5 Å². The predicted octanol–water partition coefficient (Wildman–Crippen LogP) is 0.177. The summed E-state index contributed by atoms with van der Waals surface area (Å²) in [6.45, 7) is 1.41. The van der Waals surface area contributed by atoms with Crippen LogP contribution < -0.4 is 11.2 Å². The molecule has 0 fully saturated rings. The molecule has 0 aliphatic carbocycles. The monoisotopic (exact) mass is 276 g/mol. The standard InChI is InChI=1S/C9H12N4O2S.ClH/c1-5-8(15)7(3-12-13-9(10)16)6(4-14)2-11-5;/h2-3,14-15H,4H2,1H3,(H3,10,13,16);1H/b12-3-;. The van der Waals surface area contributed by atoms with Crippen LogP contribution >= 0.6 is 24.6 Å². The third-order valence-electron chi connectivity index (χ3n) is 1.90. The summed E-state index contributed by atoms with van der Waals surface area (Å²) in [5.74, 6) is -0.0277. The second-order valence-corrected chi connectivity index (χ2v) is 3.46. The van der Waals surface area contributed by atoms with Crippen LogP contribution in [0.1, 0.15) is 16.8 Å². The molecule has 6 nitrogen and oxygen atoms in total. The van der Waals surface area contributed by atoms with E-state index in [4.69, 9.17) is 10.8 Å². The Bertz CT molecular complexity index is 439. The predicted molar refractivity (Wildman–Crippen MR) is 71.3 cm³/mol. The highest BCUT2D eigenvalue weighted by Crippen LogP contribution is 2.21. The van der Waals surface area contributed by atoms with E-state index in [0.717, 1.165) is 0 Å². The fourth-order valence-electron chi connectivity index (χ4n) is 1.08. The van der Waals surface area contributed by atoms with Crippen molar-refractivity contribution in [3.8, 4) is 5.75 Å². The van der Waals surface area contributed by atoms with E-state index in [2.05, 4.69) is 27.7 Å². The lowest BCUT2D eigenvalue weighted by Crippen LogP contribution is -2.24. The normalized spacial score (nSPS) is 10.0. The van der Waals surface area contributed by atoms with E-state index in [-0.39, 0.29) is 29.9 Å². The number of thiocarbonyl (C=S) groups is 1. The number of aryl methyl sites for hydroxylation is 1. The Kier molecular flexibility index (Phi) is 6.40. The highest BCUT2D eigenvalue weighted by atomic mass is 35.5. The molecule has 5 N–H and O–H groups in total. The van der Waals surface area contributed by atoms with Crippen LogP contribution in [0.3, 0.4) is 0 Å². The van der Waals surface area contributed by atoms with Gasteiger partial charge in [-0.15, -0.1) is 12.4 Å². The molecule has 17 heavy (non-hydrogen) atoms. The van der Waals surface area contributed by atoms with Gasteiger partial charge in [-0.2, -0.15) is 5.10 Å². The lowest BCUT2D eigenvalue weighted by molar-refractivity contribution is 0.280. The SMILES string of the molecule is Cc1ncc(CO)c(/C=N\NC(N)=S)c1O.Cl. The molecule has 1 heterocycles. The molecule has 8 heteroatoms. The largest absolute Gasteiger partial charge is 0.505 e. The van der Waals surface area contributed by atoms with Gasteiger partial charge in [0.15, 0.2) is 5.11 Å².